The third-order valence-electron chi connectivity index (χ3n) is 6.64. The third kappa shape index (κ3) is 6.11. The van der Waals surface area contributed by atoms with Crippen molar-refractivity contribution in [3.05, 3.63) is 24.3 Å². The number of nitrogens with one attached hydrogen (secondary N) is 1. The van der Waals surface area contributed by atoms with Gasteiger partial charge in [-0.2, -0.15) is 4.31 Å². The summed E-state index contributed by atoms with van der Waals surface area (Å²) in [5.74, 6) is -0.704. The Bertz CT molecular complexity index is 945. The molecule has 0 radical (unpaired) electrons. The van der Waals surface area contributed by atoms with Gasteiger partial charge in [0.25, 0.3) is 0 Å². The Labute approximate surface area is 202 Å². The van der Waals surface area contributed by atoms with Gasteiger partial charge in [0, 0.05) is 23.2 Å². The number of hydrogen-bond donors (Lipinski definition) is 1. The van der Waals surface area contributed by atoms with Gasteiger partial charge in [-0.1, -0.05) is 45.1 Å². The summed E-state index contributed by atoms with van der Waals surface area (Å²) in [6, 6.07) is 7.57. The zero-order valence-corrected chi connectivity index (χ0v) is 21.6. The Morgan fingerprint density at radius 2 is 1.85 bits per heavy atom. The van der Waals surface area contributed by atoms with E-state index >= 15 is 0 Å². The molecular weight excluding hydrogens is 458 g/mol. The molecule has 1 aromatic rings. The van der Waals surface area contributed by atoms with Crippen LogP contribution in [0.25, 0.3) is 0 Å². The molecule has 2 aliphatic rings. The number of piperazine rings is 1. The molecule has 1 aliphatic heterocycles. The number of carbonyl (C=O) groups excluding carboxylic acids is 2. The van der Waals surface area contributed by atoms with Crippen LogP contribution in [0.15, 0.2) is 29.2 Å². The maximum atomic E-state index is 13.8. The molecule has 9 heteroatoms. The van der Waals surface area contributed by atoms with E-state index in [4.69, 9.17) is 0 Å². The second kappa shape index (κ2) is 11.2. The fourth-order valence-corrected chi connectivity index (χ4v) is 6.83. The zero-order chi connectivity index (χ0) is 24.1. The van der Waals surface area contributed by atoms with E-state index in [-0.39, 0.29) is 36.7 Å². The predicted octanol–water partition coefficient (Wildman–Crippen LogP) is 3.78. The second-order valence-electron chi connectivity index (χ2n) is 9.30. The molecule has 33 heavy (non-hydrogen) atoms. The van der Waals surface area contributed by atoms with E-state index in [0.717, 1.165) is 30.6 Å². The molecule has 1 saturated carbocycles. The first-order chi connectivity index (χ1) is 15.7. The highest BCUT2D eigenvalue weighted by atomic mass is 32.2. The average molecular weight is 496 g/mol. The summed E-state index contributed by atoms with van der Waals surface area (Å²) in [5, 5.41) is 3.19. The molecular formula is C24H37N3O4S2. The topological polar surface area (TPSA) is 86.8 Å². The van der Waals surface area contributed by atoms with E-state index in [1.165, 1.54) is 28.5 Å². The molecule has 0 aromatic heterocycles. The molecule has 184 valence electrons. The number of amides is 2. The molecule has 1 aliphatic carbocycles. The summed E-state index contributed by atoms with van der Waals surface area (Å²) in [7, 11) is -3.63. The van der Waals surface area contributed by atoms with Crippen LogP contribution in [0.3, 0.4) is 0 Å². The first-order valence-electron chi connectivity index (χ1n) is 12.0. The summed E-state index contributed by atoms with van der Waals surface area (Å²) in [5.41, 5.74) is -0.718. The summed E-state index contributed by atoms with van der Waals surface area (Å²) < 4.78 is 27.0. The highest BCUT2D eigenvalue weighted by Crippen LogP contribution is 2.33. The van der Waals surface area contributed by atoms with Crippen molar-refractivity contribution in [2.75, 3.05) is 30.0 Å². The molecule has 1 N–H and O–H groups in total. The van der Waals surface area contributed by atoms with Crippen molar-refractivity contribution in [1.82, 2.24) is 9.62 Å². The highest BCUT2D eigenvalue weighted by molar-refractivity contribution is 7.98. The fourth-order valence-electron chi connectivity index (χ4n) is 4.84. The van der Waals surface area contributed by atoms with Crippen LogP contribution in [0, 0.1) is 0 Å². The Morgan fingerprint density at radius 3 is 2.48 bits per heavy atom. The highest BCUT2D eigenvalue weighted by Gasteiger charge is 2.51. The first-order valence-corrected chi connectivity index (χ1v) is 14.8. The normalized spacial score (nSPS) is 23.7. The van der Waals surface area contributed by atoms with Crippen LogP contribution in [-0.2, 0) is 19.6 Å². The zero-order valence-electron chi connectivity index (χ0n) is 20.0. The Hall–Kier alpha value is -1.58. The quantitative estimate of drug-likeness (QED) is 0.582. The predicted molar refractivity (Wildman–Crippen MR) is 134 cm³/mol. The van der Waals surface area contributed by atoms with E-state index in [2.05, 4.69) is 5.32 Å². The van der Waals surface area contributed by atoms with Crippen molar-refractivity contribution in [3.63, 3.8) is 0 Å². The standard InChI is InChI=1S/C24H37N3O4S2/c1-4-15-33(30,31)26-17-22(28)27(20-13-10-14-21(16-20)32-3)24(2,18-26)23(29)25-19-11-8-6-5-7-9-12-19/h10,13-14,16,19H,4-9,11-12,15,17-18H2,1-3H3,(H,25,29)/t24-/m1/s1. The van der Waals surface area contributed by atoms with E-state index in [1.54, 1.807) is 25.6 Å². The van der Waals surface area contributed by atoms with Crippen molar-refractivity contribution >= 4 is 39.3 Å². The van der Waals surface area contributed by atoms with Crippen LogP contribution in [-0.4, -0.2) is 61.2 Å². The van der Waals surface area contributed by atoms with Crippen LogP contribution < -0.4 is 10.2 Å². The van der Waals surface area contributed by atoms with E-state index in [1.807, 2.05) is 30.5 Å². The Morgan fingerprint density at radius 1 is 1.18 bits per heavy atom. The van der Waals surface area contributed by atoms with Gasteiger partial charge >= 0.3 is 0 Å². The number of anilines is 1. The van der Waals surface area contributed by atoms with Gasteiger partial charge in [-0.05, 0) is 50.6 Å². The van der Waals surface area contributed by atoms with Crippen molar-refractivity contribution in [2.45, 2.75) is 81.7 Å². The van der Waals surface area contributed by atoms with Gasteiger partial charge in [0.2, 0.25) is 21.8 Å². The lowest BCUT2D eigenvalue weighted by atomic mass is 9.92. The van der Waals surface area contributed by atoms with Crippen molar-refractivity contribution in [1.29, 1.82) is 0 Å². The molecule has 1 heterocycles. The number of hydrogen-bond acceptors (Lipinski definition) is 5. The molecule has 1 aromatic carbocycles. The van der Waals surface area contributed by atoms with Gasteiger partial charge < -0.3 is 5.32 Å². The summed E-state index contributed by atoms with van der Waals surface area (Å²) in [6.07, 6.45) is 9.93. The SMILES string of the molecule is CCCS(=O)(=O)N1CC(=O)N(c2cccc(SC)c2)[C@@](C)(C(=O)NC2CCCCCCC2)C1. The molecule has 1 atom stereocenters. The number of benzene rings is 1. The number of thioether (sulfide) groups is 1. The largest absolute Gasteiger partial charge is 0.351 e. The smallest absolute Gasteiger partial charge is 0.247 e. The van der Waals surface area contributed by atoms with Gasteiger partial charge in [-0.3, -0.25) is 14.5 Å². The van der Waals surface area contributed by atoms with E-state index in [9.17, 15) is 18.0 Å². The Kier molecular flexibility index (Phi) is 8.86. The van der Waals surface area contributed by atoms with Crippen LogP contribution in [0.1, 0.15) is 65.2 Å². The first kappa shape index (κ1) is 26.0. The number of rotatable bonds is 7. The van der Waals surface area contributed by atoms with Crippen LogP contribution in [0.4, 0.5) is 5.69 Å². The van der Waals surface area contributed by atoms with Gasteiger partial charge in [0.05, 0.1) is 12.3 Å². The molecule has 0 bridgehead atoms. The van der Waals surface area contributed by atoms with E-state index in [0.29, 0.717) is 12.1 Å². The average Bonchev–Trinajstić information content (AvgIpc) is 2.75. The van der Waals surface area contributed by atoms with Crippen molar-refractivity contribution in [3.8, 4) is 0 Å². The molecule has 2 fully saturated rings. The van der Waals surface area contributed by atoms with E-state index < -0.39 is 15.6 Å². The molecule has 0 unspecified atom stereocenters. The lowest BCUT2D eigenvalue weighted by molar-refractivity contribution is -0.133. The van der Waals surface area contributed by atoms with Gasteiger partial charge in [0.1, 0.15) is 5.54 Å². The molecule has 3 rings (SSSR count). The third-order valence-corrected chi connectivity index (χ3v) is 9.33. The molecule has 0 spiro atoms. The Balaban J connectivity index is 1.96. The summed E-state index contributed by atoms with van der Waals surface area (Å²) in [6.45, 7) is 3.19. The number of carbonyl (C=O) groups is 2. The minimum absolute atomic E-state index is 0.0391. The van der Waals surface area contributed by atoms with Crippen molar-refractivity contribution in [2.24, 2.45) is 0 Å². The van der Waals surface area contributed by atoms with Gasteiger partial charge in [-0.25, -0.2) is 8.42 Å². The monoisotopic (exact) mass is 495 g/mol. The fraction of sp³-hybridized carbons (Fsp3) is 0.667. The lowest BCUT2D eigenvalue weighted by Gasteiger charge is -2.47. The molecule has 1 saturated heterocycles. The number of sulfonamides is 1. The van der Waals surface area contributed by atoms with Gasteiger partial charge in [0.15, 0.2) is 0 Å². The minimum Gasteiger partial charge on any atom is -0.351 e. The lowest BCUT2D eigenvalue weighted by Crippen LogP contribution is -2.71. The second-order valence-corrected chi connectivity index (χ2v) is 12.3. The van der Waals surface area contributed by atoms with Crippen LogP contribution >= 0.6 is 11.8 Å². The molecule has 7 nitrogen and oxygen atoms in total. The van der Waals surface area contributed by atoms with Crippen molar-refractivity contribution < 1.29 is 18.0 Å². The van der Waals surface area contributed by atoms with Crippen LogP contribution in [0.2, 0.25) is 0 Å². The minimum atomic E-state index is -3.63. The molecule has 2 amide bonds. The summed E-state index contributed by atoms with van der Waals surface area (Å²) in [4.78, 5) is 29.7. The summed E-state index contributed by atoms with van der Waals surface area (Å²) >= 11 is 1.56. The van der Waals surface area contributed by atoms with Gasteiger partial charge in [-0.15, -0.1) is 11.8 Å². The maximum absolute atomic E-state index is 13.8. The van der Waals surface area contributed by atoms with Crippen LogP contribution in [0.5, 0.6) is 0 Å². The number of nitrogens with zero attached hydrogens (tertiary/aromatic N) is 2. The maximum Gasteiger partial charge on any atom is 0.247 e.